The third-order valence-corrected chi connectivity index (χ3v) is 2.89. The molecule has 0 aliphatic carbocycles. The summed E-state index contributed by atoms with van der Waals surface area (Å²) in [5, 5.41) is 6.26. The molecule has 5 nitrogen and oxygen atoms in total. The van der Waals surface area contributed by atoms with Gasteiger partial charge in [0.25, 0.3) is 5.91 Å². The van der Waals surface area contributed by atoms with E-state index in [1.54, 1.807) is 14.0 Å². The highest BCUT2D eigenvalue weighted by Crippen LogP contribution is 2.32. The third-order valence-electron chi connectivity index (χ3n) is 2.89. The summed E-state index contributed by atoms with van der Waals surface area (Å²) in [6.45, 7) is 1.59. The van der Waals surface area contributed by atoms with Gasteiger partial charge < -0.3 is 11.1 Å². The first-order valence-electron chi connectivity index (χ1n) is 5.97. The normalized spacial score (nSPS) is 11.5. The zero-order valence-electron chi connectivity index (χ0n) is 11.3. The fraction of sp³-hybridized carbons (Fsp3) is 0.231. The summed E-state index contributed by atoms with van der Waals surface area (Å²) in [4.78, 5) is 12.0. The lowest BCUT2D eigenvalue weighted by Crippen LogP contribution is -2.16. The van der Waals surface area contributed by atoms with Gasteiger partial charge in [-0.2, -0.15) is 18.3 Å². The van der Waals surface area contributed by atoms with Crippen LogP contribution in [0.4, 0.5) is 24.5 Å². The van der Waals surface area contributed by atoms with Crippen LogP contribution in [0.2, 0.25) is 0 Å². The van der Waals surface area contributed by atoms with E-state index in [9.17, 15) is 18.0 Å². The lowest BCUT2D eigenvalue weighted by atomic mass is 10.1. The smallest absolute Gasteiger partial charge is 0.396 e. The van der Waals surface area contributed by atoms with E-state index in [-0.39, 0.29) is 17.1 Å². The summed E-state index contributed by atoms with van der Waals surface area (Å²) in [5.74, 6) is -0.657. The summed E-state index contributed by atoms with van der Waals surface area (Å²) in [5.41, 5.74) is 5.47. The fourth-order valence-corrected chi connectivity index (χ4v) is 1.80. The molecule has 0 saturated carbocycles. The molecule has 0 spiro atoms. The van der Waals surface area contributed by atoms with Gasteiger partial charge in [0, 0.05) is 18.9 Å². The number of rotatable bonds is 2. The zero-order chi connectivity index (χ0) is 15.8. The Labute approximate surface area is 118 Å². The van der Waals surface area contributed by atoms with Crippen molar-refractivity contribution < 1.29 is 18.0 Å². The lowest BCUT2D eigenvalue weighted by Gasteiger charge is -2.12. The second-order valence-electron chi connectivity index (χ2n) is 4.59. The van der Waals surface area contributed by atoms with E-state index in [1.165, 1.54) is 16.9 Å². The van der Waals surface area contributed by atoms with E-state index >= 15 is 0 Å². The van der Waals surface area contributed by atoms with Gasteiger partial charge in [-0.25, -0.2) is 0 Å². The van der Waals surface area contributed by atoms with Crippen molar-refractivity contribution >= 4 is 17.3 Å². The number of hydrogen-bond donors (Lipinski definition) is 2. The van der Waals surface area contributed by atoms with Crippen molar-refractivity contribution in [2.24, 2.45) is 7.05 Å². The van der Waals surface area contributed by atoms with E-state index in [0.717, 1.165) is 12.1 Å². The molecule has 0 radical (unpaired) electrons. The average Bonchev–Trinajstić information content (AvgIpc) is 2.70. The van der Waals surface area contributed by atoms with Gasteiger partial charge in [0.05, 0.1) is 11.3 Å². The van der Waals surface area contributed by atoms with Gasteiger partial charge >= 0.3 is 6.18 Å². The maximum absolute atomic E-state index is 12.7. The van der Waals surface area contributed by atoms with Gasteiger partial charge in [0.2, 0.25) is 0 Å². The Morgan fingerprint density at radius 2 is 2.05 bits per heavy atom. The van der Waals surface area contributed by atoms with E-state index in [2.05, 4.69) is 10.4 Å². The number of aryl methyl sites for hydroxylation is 2. The number of alkyl halides is 3. The number of benzene rings is 1. The van der Waals surface area contributed by atoms with Crippen molar-refractivity contribution in [1.82, 2.24) is 9.78 Å². The molecule has 0 aliphatic heterocycles. The molecule has 1 heterocycles. The van der Waals surface area contributed by atoms with Crippen molar-refractivity contribution in [2.45, 2.75) is 13.1 Å². The molecule has 0 saturated heterocycles. The van der Waals surface area contributed by atoms with Crippen molar-refractivity contribution in [1.29, 1.82) is 0 Å². The number of halogens is 3. The Bertz CT molecular complexity index is 691. The van der Waals surface area contributed by atoms with Crippen LogP contribution in [-0.4, -0.2) is 15.7 Å². The van der Waals surface area contributed by atoms with Crippen molar-refractivity contribution in [3.8, 4) is 0 Å². The summed E-state index contributed by atoms with van der Waals surface area (Å²) < 4.78 is 39.4. The van der Waals surface area contributed by atoms with Crippen molar-refractivity contribution in [3.63, 3.8) is 0 Å². The SMILES string of the molecule is Cc1ccc(C(F)(F)F)cc1NC(=O)c1nn(C)cc1N. The summed E-state index contributed by atoms with van der Waals surface area (Å²) >= 11 is 0. The molecule has 0 atom stereocenters. The van der Waals surface area contributed by atoms with Gasteiger partial charge in [-0.3, -0.25) is 9.48 Å². The highest BCUT2D eigenvalue weighted by Gasteiger charge is 2.31. The van der Waals surface area contributed by atoms with Crippen LogP contribution in [-0.2, 0) is 13.2 Å². The molecule has 0 aliphatic rings. The van der Waals surface area contributed by atoms with Crippen LogP contribution in [0.25, 0.3) is 0 Å². The molecule has 8 heteroatoms. The van der Waals surface area contributed by atoms with E-state index in [4.69, 9.17) is 5.73 Å². The van der Waals surface area contributed by atoms with Gasteiger partial charge in [-0.1, -0.05) is 6.07 Å². The molecular weight excluding hydrogens is 285 g/mol. The molecule has 112 valence electrons. The predicted octanol–water partition coefficient (Wildman–Crippen LogP) is 2.58. The second kappa shape index (κ2) is 5.12. The van der Waals surface area contributed by atoms with Gasteiger partial charge in [0.1, 0.15) is 0 Å². The highest BCUT2D eigenvalue weighted by atomic mass is 19.4. The van der Waals surface area contributed by atoms with Gasteiger partial charge in [-0.15, -0.1) is 0 Å². The fourth-order valence-electron chi connectivity index (χ4n) is 1.80. The Morgan fingerprint density at radius 3 is 2.57 bits per heavy atom. The number of carbonyl (C=O) groups excluding carboxylic acids is 1. The van der Waals surface area contributed by atoms with E-state index < -0.39 is 17.6 Å². The largest absolute Gasteiger partial charge is 0.416 e. The number of anilines is 2. The quantitative estimate of drug-likeness (QED) is 0.895. The molecule has 3 N–H and O–H groups in total. The van der Waals surface area contributed by atoms with Gasteiger partial charge in [0.15, 0.2) is 5.69 Å². The van der Waals surface area contributed by atoms with Crippen molar-refractivity contribution in [3.05, 3.63) is 41.2 Å². The zero-order valence-corrected chi connectivity index (χ0v) is 11.3. The summed E-state index contributed by atoms with van der Waals surface area (Å²) in [6, 6.07) is 3.13. The minimum atomic E-state index is -4.47. The van der Waals surface area contributed by atoms with E-state index in [0.29, 0.717) is 5.56 Å². The first-order chi connectivity index (χ1) is 9.68. The molecule has 2 rings (SSSR count). The lowest BCUT2D eigenvalue weighted by molar-refractivity contribution is -0.137. The van der Waals surface area contributed by atoms with Crippen LogP contribution < -0.4 is 11.1 Å². The predicted molar refractivity (Wildman–Crippen MR) is 71.8 cm³/mol. The monoisotopic (exact) mass is 298 g/mol. The molecule has 0 fully saturated rings. The minimum absolute atomic E-state index is 0.0330. The molecule has 1 aromatic heterocycles. The van der Waals surface area contributed by atoms with Crippen LogP contribution in [0.3, 0.4) is 0 Å². The molecule has 1 aromatic carbocycles. The first-order valence-corrected chi connectivity index (χ1v) is 5.97. The molecule has 21 heavy (non-hydrogen) atoms. The second-order valence-corrected chi connectivity index (χ2v) is 4.59. The van der Waals surface area contributed by atoms with E-state index in [1.807, 2.05) is 0 Å². The van der Waals surface area contributed by atoms with Crippen LogP contribution in [0.1, 0.15) is 21.6 Å². The Hall–Kier alpha value is -2.51. The molecule has 0 bridgehead atoms. The van der Waals surface area contributed by atoms with Gasteiger partial charge in [-0.05, 0) is 24.6 Å². The van der Waals surface area contributed by atoms with Crippen LogP contribution in [0, 0.1) is 6.92 Å². The topological polar surface area (TPSA) is 72.9 Å². The molecule has 2 aromatic rings. The summed E-state index contributed by atoms with van der Waals surface area (Å²) in [7, 11) is 1.59. The number of hydrogen-bond acceptors (Lipinski definition) is 3. The maximum atomic E-state index is 12.7. The first kappa shape index (κ1) is 14.9. The summed E-state index contributed by atoms with van der Waals surface area (Å²) in [6.07, 6.45) is -3.04. The molecule has 0 unspecified atom stereocenters. The number of amides is 1. The highest BCUT2D eigenvalue weighted by molar-refractivity contribution is 6.06. The maximum Gasteiger partial charge on any atom is 0.416 e. The number of nitrogen functional groups attached to an aromatic ring is 1. The van der Waals surface area contributed by atoms with Crippen LogP contribution in [0.5, 0.6) is 0 Å². The van der Waals surface area contributed by atoms with Crippen LogP contribution >= 0.6 is 0 Å². The molecular formula is C13H13F3N4O. The number of carbonyl (C=O) groups is 1. The Balaban J connectivity index is 2.31. The standard InChI is InChI=1S/C13H13F3N4O/c1-7-3-4-8(13(14,15)16)5-10(7)18-12(21)11-9(17)6-20(2)19-11/h3-6H,17H2,1-2H3,(H,18,21). The number of nitrogens with one attached hydrogen (secondary N) is 1. The number of nitrogens with two attached hydrogens (primary N) is 1. The number of aromatic nitrogens is 2. The van der Waals surface area contributed by atoms with Crippen molar-refractivity contribution in [2.75, 3.05) is 11.1 Å². The molecule has 1 amide bonds. The Kier molecular flexibility index (Phi) is 3.63. The Morgan fingerprint density at radius 1 is 1.38 bits per heavy atom. The minimum Gasteiger partial charge on any atom is -0.396 e. The average molecular weight is 298 g/mol. The van der Waals surface area contributed by atoms with Crippen LogP contribution in [0.15, 0.2) is 24.4 Å². The third kappa shape index (κ3) is 3.15. The number of nitrogens with zero attached hydrogens (tertiary/aromatic N) is 2.